The Labute approximate surface area is 96.2 Å². The molecule has 0 bridgehead atoms. The average molecular weight is 215 g/mol. The molecular formula is C13H17N3. The lowest BCUT2D eigenvalue weighted by molar-refractivity contribution is 0.556. The average Bonchev–Trinajstić information content (AvgIpc) is 2.89. The van der Waals surface area contributed by atoms with Crippen LogP contribution in [0.15, 0.2) is 25.0 Å². The van der Waals surface area contributed by atoms with Crippen LogP contribution in [0, 0.1) is 5.92 Å². The maximum Gasteiger partial charge on any atom is 0.0559 e. The van der Waals surface area contributed by atoms with E-state index in [1.54, 1.807) is 0 Å². The first kappa shape index (κ1) is 9.85. The van der Waals surface area contributed by atoms with Gasteiger partial charge in [-0.1, -0.05) is 12.7 Å². The number of anilines is 1. The molecule has 1 aromatic heterocycles. The third-order valence-electron chi connectivity index (χ3n) is 3.71. The van der Waals surface area contributed by atoms with E-state index in [1.165, 1.54) is 25.2 Å². The first-order valence-electron chi connectivity index (χ1n) is 5.92. The number of pyridine rings is 1. The number of hydrogen-bond donors (Lipinski definition) is 1. The quantitative estimate of drug-likeness (QED) is 0.810. The Kier molecular flexibility index (Phi) is 2.40. The van der Waals surface area contributed by atoms with E-state index in [1.807, 2.05) is 18.5 Å². The molecule has 1 aromatic rings. The molecule has 0 spiro atoms. The fraction of sp³-hybridized carbons (Fsp3) is 0.462. The van der Waals surface area contributed by atoms with Crippen molar-refractivity contribution in [2.24, 2.45) is 5.92 Å². The molecule has 84 valence electrons. The van der Waals surface area contributed by atoms with Gasteiger partial charge in [-0.15, -0.1) is 0 Å². The Morgan fingerprint density at radius 2 is 2.38 bits per heavy atom. The van der Waals surface area contributed by atoms with Gasteiger partial charge in [0.05, 0.1) is 11.9 Å². The van der Waals surface area contributed by atoms with E-state index in [4.69, 9.17) is 0 Å². The molecule has 1 N–H and O–H groups in total. The van der Waals surface area contributed by atoms with Crippen molar-refractivity contribution in [2.75, 3.05) is 24.5 Å². The smallest absolute Gasteiger partial charge is 0.0559 e. The summed E-state index contributed by atoms with van der Waals surface area (Å²) >= 11 is 0. The summed E-state index contributed by atoms with van der Waals surface area (Å²) in [6.45, 7) is 7.26. The van der Waals surface area contributed by atoms with Gasteiger partial charge in [-0.2, -0.15) is 0 Å². The van der Waals surface area contributed by atoms with Gasteiger partial charge in [0, 0.05) is 25.3 Å². The second-order valence-corrected chi connectivity index (χ2v) is 4.69. The van der Waals surface area contributed by atoms with Gasteiger partial charge in [-0.3, -0.25) is 4.98 Å². The lowest BCUT2D eigenvalue weighted by Crippen LogP contribution is -2.30. The van der Waals surface area contributed by atoms with Crippen molar-refractivity contribution in [1.29, 1.82) is 0 Å². The summed E-state index contributed by atoms with van der Waals surface area (Å²) in [5, 5.41) is 3.56. The Balaban J connectivity index is 1.80. The highest BCUT2D eigenvalue weighted by Crippen LogP contribution is 2.28. The highest BCUT2D eigenvalue weighted by Gasteiger charge is 2.35. The van der Waals surface area contributed by atoms with Crippen molar-refractivity contribution >= 4 is 11.8 Å². The van der Waals surface area contributed by atoms with E-state index in [0.717, 1.165) is 18.0 Å². The summed E-state index contributed by atoms with van der Waals surface area (Å²) in [5.41, 5.74) is 2.33. The number of nitrogens with one attached hydrogen (secondary N) is 1. The summed E-state index contributed by atoms with van der Waals surface area (Å²) in [6, 6.07) is 2.86. The van der Waals surface area contributed by atoms with E-state index in [-0.39, 0.29) is 0 Å². The van der Waals surface area contributed by atoms with Gasteiger partial charge < -0.3 is 10.2 Å². The van der Waals surface area contributed by atoms with Crippen LogP contribution in [0.3, 0.4) is 0 Å². The molecule has 0 aliphatic carbocycles. The Morgan fingerprint density at radius 1 is 1.44 bits per heavy atom. The third kappa shape index (κ3) is 1.61. The molecule has 16 heavy (non-hydrogen) atoms. The number of nitrogens with zero attached hydrogens (tertiary/aromatic N) is 2. The van der Waals surface area contributed by atoms with E-state index >= 15 is 0 Å². The summed E-state index contributed by atoms with van der Waals surface area (Å²) in [7, 11) is 0. The van der Waals surface area contributed by atoms with Crippen LogP contribution in [0.2, 0.25) is 0 Å². The minimum Gasteiger partial charge on any atom is -0.368 e. The van der Waals surface area contributed by atoms with Gasteiger partial charge in [0.25, 0.3) is 0 Å². The van der Waals surface area contributed by atoms with Gasteiger partial charge in [-0.25, -0.2) is 0 Å². The lowest BCUT2D eigenvalue weighted by atomic mass is 10.1. The SMILES string of the molecule is C=Cc1cncc(N2CC3CCNC3C2)c1. The summed E-state index contributed by atoms with van der Waals surface area (Å²) in [6.07, 6.45) is 6.97. The minimum absolute atomic E-state index is 0.687. The molecule has 3 nitrogen and oxygen atoms in total. The molecule has 2 saturated heterocycles. The molecule has 2 atom stereocenters. The summed E-state index contributed by atoms with van der Waals surface area (Å²) < 4.78 is 0. The molecule has 0 aromatic carbocycles. The maximum atomic E-state index is 4.26. The summed E-state index contributed by atoms with van der Waals surface area (Å²) in [4.78, 5) is 6.69. The highest BCUT2D eigenvalue weighted by atomic mass is 15.2. The Hall–Kier alpha value is -1.35. The standard InChI is InChI=1S/C13H17N3/c1-2-10-5-12(7-14-6-10)16-8-11-3-4-15-13(11)9-16/h2,5-7,11,13,15H,1,3-4,8-9H2. The molecule has 2 aliphatic heterocycles. The van der Waals surface area contributed by atoms with Crippen LogP contribution >= 0.6 is 0 Å². The first-order chi connectivity index (χ1) is 7.86. The highest BCUT2D eigenvalue weighted by molar-refractivity contribution is 5.56. The second kappa shape index (κ2) is 3.91. The molecule has 3 heterocycles. The lowest BCUT2D eigenvalue weighted by Gasteiger charge is -2.19. The van der Waals surface area contributed by atoms with Crippen LogP contribution in [0.4, 0.5) is 5.69 Å². The van der Waals surface area contributed by atoms with Crippen molar-refractivity contribution in [2.45, 2.75) is 12.5 Å². The van der Waals surface area contributed by atoms with Crippen LogP contribution in [0.5, 0.6) is 0 Å². The Morgan fingerprint density at radius 3 is 3.19 bits per heavy atom. The molecule has 0 radical (unpaired) electrons. The zero-order chi connectivity index (χ0) is 11.0. The zero-order valence-corrected chi connectivity index (χ0v) is 9.39. The van der Waals surface area contributed by atoms with Crippen molar-refractivity contribution in [1.82, 2.24) is 10.3 Å². The van der Waals surface area contributed by atoms with Crippen LogP contribution in [-0.2, 0) is 0 Å². The number of fused-ring (bicyclic) bond motifs is 1. The minimum atomic E-state index is 0.687. The van der Waals surface area contributed by atoms with Crippen molar-refractivity contribution in [3.63, 3.8) is 0 Å². The fourth-order valence-corrected chi connectivity index (χ4v) is 2.79. The summed E-state index contributed by atoms with van der Waals surface area (Å²) in [5.74, 6) is 0.826. The van der Waals surface area contributed by atoms with E-state index in [0.29, 0.717) is 6.04 Å². The van der Waals surface area contributed by atoms with Crippen LogP contribution in [-0.4, -0.2) is 30.7 Å². The molecule has 2 fully saturated rings. The van der Waals surface area contributed by atoms with Gasteiger partial charge in [0.1, 0.15) is 0 Å². The van der Waals surface area contributed by atoms with E-state index in [2.05, 4.69) is 27.8 Å². The number of hydrogen-bond acceptors (Lipinski definition) is 3. The van der Waals surface area contributed by atoms with Gasteiger partial charge in [0.15, 0.2) is 0 Å². The van der Waals surface area contributed by atoms with E-state index in [9.17, 15) is 0 Å². The monoisotopic (exact) mass is 215 g/mol. The van der Waals surface area contributed by atoms with Crippen LogP contribution < -0.4 is 10.2 Å². The Bertz CT molecular complexity index is 390. The molecule has 2 aliphatic rings. The number of aromatic nitrogens is 1. The van der Waals surface area contributed by atoms with E-state index < -0.39 is 0 Å². The predicted molar refractivity (Wildman–Crippen MR) is 66.4 cm³/mol. The topological polar surface area (TPSA) is 28.2 Å². The largest absolute Gasteiger partial charge is 0.368 e. The third-order valence-corrected chi connectivity index (χ3v) is 3.71. The predicted octanol–water partition coefficient (Wildman–Crippen LogP) is 1.52. The van der Waals surface area contributed by atoms with Crippen molar-refractivity contribution in [3.05, 3.63) is 30.6 Å². The van der Waals surface area contributed by atoms with Crippen LogP contribution in [0.1, 0.15) is 12.0 Å². The number of rotatable bonds is 2. The molecule has 3 heteroatoms. The first-order valence-corrected chi connectivity index (χ1v) is 5.92. The van der Waals surface area contributed by atoms with Gasteiger partial charge in [-0.05, 0) is 30.5 Å². The van der Waals surface area contributed by atoms with Gasteiger partial charge >= 0.3 is 0 Å². The molecular weight excluding hydrogens is 198 g/mol. The zero-order valence-electron chi connectivity index (χ0n) is 9.39. The van der Waals surface area contributed by atoms with Crippen LogP contribution in [0.25, 0.3) is 6.08 Å². The second-order valence-electron chi connectivity index (χ2n) is 4.69. The molecule has 0 saturated carbocycles. The normalized spacial score (nSPS) is 28.1. The van der Waals surface area contributed by atoms with Crippen molar-refractivity contribution < 1.29 is 0 Å². The van der Waals surface area contributed by atoms with Crippen molar-refractivity contribution in [3.8, 4) is 0 Å². The van der Waals surface area contributed by atoms with Gasteiger partial charge in [0.2, 0.25) is 0 Å². The molecule has 2 unspecified atom stereocenters. The molecule has 3 rings (SSSR count). The fourth-order valence-electron chi connectivity index (χ4n) is 2.79. The molecule has 0 amide bonds. The maximum absolute atomic E-state index is 4.26.